The van der Waals surface area contributed by atoms with Crippen LogP contribution in [0.15, 0.2) is 66.9 Å². The summed E-state index contributed by atoms with van der Waals surface area (Å²) >= 11 is 0. The quantitative estimate of drug-likeness (QED) is 0.257. The number of pyridine rings is 1. The van der Waals surface area contributed by atoms with Crippen LogP contribution in [0.1, 0.15) is 15.9 Å². The van der Waals surface area contributed by atoms with Gasteiger partial charge in [-0.25, -0.2) is 4.79 Å². The molecule has 0 fully saturated rings. The Morgan fingerprint density at radius 2 is 1.64 bits per heavy atom. The molecule has 1 aromatic heterocycles. The van der Waals surface area contributed by atoms with E-state index in [1.54, 1.807) is 33.5 Å². The third-order valence-electron chi connectivity index (χ3n) is 6.00. The van der Waals surface area contributed by atoms with Crippen LogP contribution in [-0.2, 0) is 13.0 Å². The number of methoxy groups -OCH3 is 3. The molecular weight excluding hydrogens is 418 g/mol. The summed E-state index contributed by atoms with van der Waals surface area (Å²) < 4.78 is 24.6. The Labute approximate surface area is 191 Å². The van der Waals surface area contributed by atoms with Crippen molar-refractivity contribution in [2.45, 2.75) is 13.0 Å². The van der Waals surface area contributed by atoms with E-state index < -0.39 is 5.97 Å². The van der Waals surface area contributed by atoms with Crippen molar-refractivity contribution in [3.63, 3.8) is 0 Å². The monoisotopic (exact) mass is 442 g/mol. The number of fused-ring (bicyclic) bond motifs is 4. The molecule has 0 radical (unpaired) electrons. The van der Waals surface area contributed by atoms with Crippen molar-refractivity contribution < 1.29 is 28.3 Å². The number of benzene rings is 3. The van der Waals surface area contributed by atoms with Crippen molar-refractivity contribution in [1.29, 1.82) is 0 Å². The van der Waals surface area contributed by atoms with E-state index >= 15 is 0 Å². The average molecular weight is 442 g/mol. The van der Waals surface area contributed by atoms with Crippen molar-refractivity contribution in [1.82, 2.24) is 0 Å². The van der Waals surface area contributed by atoms with Crippen LogP contribution < -0.4 is 23.5 Å². The zero-order valence-electron chi connectivity index (χ0n) is 18.8. The maximum absolute atomic E-state index is 12.6. The Hall–Kier alpha value is -4.06. The van der Waals surface area contributed by atoms with Gasteiger partial charge in [-0.05, 0) is 47.3 Å². The summed E-state index contributed by atoms with van der Waals surface area (Å²) in [5.74, 6) is 1.95. The van der Waals surface area contributed by atoms with Crippen molar-refractivity contribution in [3.8, 4) is 34.3 Å². The van der Waals surface area contributed by atoms with Gasteiger partial charge in [-0.3, -0.25) is 0 Å². The topological polar surface area (TPSA) is 57.9 Å². The van der Waals surface area contributed by atoms with Crippen LogP contribution in [0.5, 0.6) is 23.0 Å². The Morgan fingerprint density at radius 3 is 2.36 bits per heavy atom. The molecule has 0 saturated heterocycles. The molecule has 1 aliphatic heterocycles. The molecule has 1 aliphatic rings. The Kier molecular flexibility index (Phi) is 5.34. The van der Waals surface area contributed by atoms with Gasteiger partial charge in [-0.2, -0.15) is 4.57 Å². The smallest absolute Gasteiger partial charge is 0.343 e. The van der Waals surface area contributed by atoms with Gasteiger partial charge in [0.1, 0.15) is 0 Å². The molecule has 4 aromatic rings. The lowest BCUT2D eigenvalue weighted by Crippen LogP contribution is -2.40. The first-order valence-corrected chi connectivity index (χ1v) is 10.7. The van der Waals surface area contributed by atoms with E-state index in [2.05, 4.69) is 16.8 Å². The molecule has 0 saturated carbocycles. The fourth-order valence-electron chi connectivity index (χ4n) is 4.36. The number of aromatic nitrogens is 1. The highest BCUT2D eigenvalue weighted by Crippen LogP contribution is 2.40. The molecule has 6 nitrogen and oxygen atoms in total. The van der Waals surface area contributed by atoms with Crippen molar-refractivity contribution in [2.24, 2.45) is 0 Å². The van der Waals surface area contributed by atoms with E-state index in [-0.39, 0.29) is 0 Å². The second-order valence-electron chi connectivity index (χ2n) is 7.82. The Morgan fingerprint density at radius 1 is 0.848 bits per heavy atom. The van der Waals surface area contributed by atoms with Gasteiger partial charge in [0.2, 0.25) is 5.69 Å². The van der Waals surface area contributed by atoms with Gasteiger partial charge in [0, 0.05) is 12.5 Å². The second-order valence-corrected chi connectivity index (χ2v) is 7.82. The predicted octanol–water partition coefficient (Wildman–Crippen LogP) is 4.60. The molecule has 0 amide bonds. The number of carbonyl (C=O) groups is 1. The zero-order chi connectivity index (χ0) is 22.9. The van der Waals surface area contributed by atoms with E-state index in [1.807, 2.05) is 42.5 Å². The van der Waals surface area contributed by atoms with Crippen LogP contribution in [0.3, 0.4) is 0 Å². The van der Waals surface area contributed by atoms with Gasteiger partial charge in [0.25, 0.3) is 0 Å². The number of hydrogen-bond donors (Lipinski definition) is 0. The first-order chi connectivity index (χ1) is 16.1. The zero-order valence-corrected chi connectivity index (χ0v) is 18.8. The fraction of sp³-hybridized carbons (Fsp3) is 0.185. The molecule has 0 spiro atoms. The fourth-order valence-corrected chi connectivity index (χ4v) is 4.36. The van der Waals surface area contributed by atoms with Gasteiger partial charge in [0.05, 0.1) is 37.8 Å². The normalized spacial score (nSPS) is 12.0. The molecule has 2 heterocycles. The largest absolute Gasteiger partial charge is 0.493 e. The molecule has 3 aromatic carbocycles. The minimum Gasteiger partial charge on any atom is -0.493 e. The lowest BCUT2D eigenvalue weighted by Gasteiger charge is -2.19. The van der Waals surface area contributed by atoms with E-state index in [4.69, 9.17) is 18.9 Å². The van der Waals surface area contributed by atoms with Crippen LogP contribution in [-0.4, -0.2) is 27.3 Å². The summed E-state index contributed by atoms with van der Waals surface area (Å²) in [5, 5.41) is 2.04. The third kappa shape index (κ3) is 3.63. The third-order valence-corrected chi connectivity index (χ3v) is 6.00. The number of ether oxygens (including phenoxy) is 4. The predicted molar refractivity (Wildman–Crippen MR) is 124 cm³/mol. The number of rotatable bonds is 5. The van der Waals surface area contributed by atoms with E-state index in [1.165, 1.54) is 0 Å². The Balaban J connectivity index is 1.58. The minimum atomic E-state index is -0.411. The summed E-state index contributed by atoms with van der Waals surface area (Å²) in [7, 11) is 4.87. The van der Waals surface area contributed by atoms with Gasteiger partial charge in [0.15, 0.2) is 35.7 Å². The van der Waals surface area contributed by atoms with Gasteiger partial charge < -0.3 is 18.9 Å². The molecule has 6 heteroatoms. The van der Waals surface area contributed by atoms with Crippen LogP contribution >= 0.6 is 0 Å². The van der Waals surface area contributed by atoms with Crippen LogP contribution in [0, 0.1) is 0 Å². The highest BCUT2D eigenvalue weighted by atomic mass is 16.6. The Bertz CT molecular complexity index is 1360. The van der Waals surface area contributed by atoms with Crippen molar-refractivity contribution in [2.75, 3.05) is 21.3 Å². The summed E-state index contributed by atoms with van der Waals surface area (Å²) in [5.41, 5.74) is 3.71. The molecule has 0 atom stereocenters. The van der Waals surface area contributed by atoms with Gasteiger partial charge in [-0.1, -0.05) is 18.2 Å². The summed E-state index contributed by atoms with van der Waals surface area (Å²) in [6.07, 6.45) is 2.90. The number of carbonyl (C=O) groups excluding carboxylic acids is 1. The standard InChI is InChI=1S/C27H24NO5/c1-30-23-10-9-18-13-22-20-15-24(31-2)25(33-27(29)17-7-5-4-6-8-17)14-19(20)11-12-28(22)16-21(18)26(23)32-3/h4-10,13-16H,11-12H2,1-3H3/q+1. The second kappa shape index (κ2) is 8.47. The molecular formula is C27H24NO5+. The molecule has 33 heavy (non-hydrogen) atoms. The molecule has 0 unspecified atom stereocenters. The first-order valence-electron chi connectivity index (χ1n) is 10.7. The number of aryl methyl sites for hydroxylation is 2. The highest BCUT2D eigenvalue weighted by molar-refractivity contribution is 5.93. The summed E-state index contributed by atoms with van der Waals surface area (Å²) in [6, 6.07) is 18.9. The van der Waals surface area contributed by atoms with Crippen LogP contribution in [0.2, 0.25) is 0 Å². The SMILES string of the molecule is COc1cc2c(cc1OC(=O)c1ccccc1)CC[n+]1cc3c(OC)c(OC)ccc3cc1-2. The van der Waals surface area contributed by atoms with Gasteiger partial charge in [-0.15, -0.1) is 0 Å². The summed E-state index contributed by atoms with van der Waals surface area (Å²) in [4.78, 5) is 12.6. The lowest BCUT2D eigenvalue weighted by molar-refractivity contribution is -0.686. The number of esters is 1. The molecule has 0 bridgehead atoms. The van der Waals surface area contributed by atoms with Crippen molar-refractivity contribution in [3.05, 3.63) is 78.0 Å². The van der Waals surface area contributed by atoms with E-state index in [0.717, 1.165) is 46.3 Å². The number of nitrogens with zero attached hydrogens (tertiary/aromatic N) is 1. The number of hydrogen-bond acceptors (Lipinski definition) is 5. The molecule has 0 N–H and O–H groups in total. The van der Waals surface area contributed by atoms with Gasteiger partial charge >= 0.3 is 5.97 Å². The highest BCUT2D eigenvalue weighted by Gasteiger charge is 2.28. The molecule has 0 aliphatic carbocycles. The van der Waals surface area contributed by atoms with Crippen LogP contribution in [0.25, 0.3) is 22.0 Å². The van der Waals surface area contributed by atoms with E-state index in [0.29, 0.717) is 22.8 Å². The van der Waals surface area contributed by atoms with Crippen LogP contribution in [0.4, 0.5) is 0 Å². The van der Waals surface area contributed by atoms with E-state index in [9.17, 15) is 4.79 Å². The molecule has 5 rings (SSSR count). The maximum Gasteiger partial charge on any atom is 0.343 e. The van der Waals surface area contributed by atoms with Crippen molar-refractivity contribution >= 4 is 16.7 Å². The minimum absolute atomic E-state index is 0.411. The first kappa shape index (κ1) is 20.8. The molecule has 166 valence electrons. The lowest BCUT2D eigenvalue weighted by atomic mass is 9.95. The maximum atomic E-state index is 12.6. The summed E-state index contributed by atoms with van der Waals surface area (Å²) in [6.45, 7) is 0.789. The average Bonchev–Trinajstić information content (AvgIpc) is 2.86.